The van der Waals surface area contributed by atoms with Gasteiger partial charge in [0.25, 0.3) is 17.9 Å². The van der Waals surface area contributed by atoms with Crippen LogP contribution in [0.3, 0.4) is 0 Å². The molecule has 1 saturated carbocycles. The molecule has 9 rings (SSSR count). The van der Waals surface area contributed by atoms with Gasteiger partial charge >= 0.3 is 0 Å². The molecule has 2 N–H and O–H groups in total. The number of hydrogen-bond donors (Lipinski definition) is 2. The smallest absolute Gasteiger partial charge is 0.293 e. The topological polar surface area (TPSA) is 172 Å². The number of fused-ring (bicyclic) bond motifs is 5. The van der Waals surface area contributed by atoms with Crippen LogP contribution < -0.4 is 15.6 Å². The third-order valence-electron chi connectivity index (χ3n) is 10.7. The summed E-state index contributed by atoms with van der Waals surface area (Å²) in [6, 6.07) is 10.2. The molecule has 4 aromatic heterocycles. The van der Waals surface area contributed by atoms with Gasteiger partial charge in [-0.05, 0) is 65.9 Å². The summed E-state index contributed by atoms with van der Waals surface area (Å²) in [5.41, 5.74) is -1.36. The Morgan fingerprint density at radius 3 is 2.46 bits per heavy atom. The minimum absolute atomic E-state index is 0.00509. The summed E-state index contributed by atoms with van der Waals surface area (Å²) in [5, 5.41) is 18.5. The number of benzene rings is 3. The summed E-state index contributed by atoms with van der Waals surface area (Å²) in [6.45, 7) is -0.984. The third-order valence-corrected chi connectivity index (χ3v) is 11.6. The number of carbonyl (C=O) groups is 1. The van der Waals surface area contributed by atoms with Crippen LogP contribution in [0.5, 0.6) is 0 Å². The van der Waals surface area contributed by atoms with E-state index >= 15 is 8.78 Å². The Labute approximate surface area is 345 Å². The van der Waals surface area contributed by atoms with Crippen LogP contribution in [-0.4, -0.2) is 59.9 Å². The largest absolute Gasteiger partial charge is 0.344 e. The lowest BCUT2D eigenvalue weighted by molar-refractivity contribution is -0.123. The second-order valence-electron chi connectivity index (χ2n) is 14.9. The van der Waals surface area contributed by atoms with Crippen molar-refractivity contribution in [2.24, 2.45) is 13.0 Å². The highest BCUT2D eigenvalue weighted by molar-refractivity contribution is 7.92. The molecule has 2 aliphatic carbocycles. The first-order valence-electron chi connectivity index (χ1n) is 18.4. The summed E-state index contributed by atoms with van der Waals surface area (Å²) < 4.78 is 119. The summed E-state index contributed by atoms with van der Waals surface area (Å²) in [4.78, 5) is 33.9. The van der Waals surface area contributed by atoms with E-state index in [1.165, 1.54) is 42.3 Å². The number of aromatic nitrogens is 8. The average molecular weight is 883 g/mol. The zero-order valence-electron chi connectivity index (χ0n) is 31.5. The minimum atomic E-state index is -3.91. The lowest BCUT2D eigenvalue weighted by Crippen LogP contribution is -2.38. The predicted molar refractivity (Wildman–Crippen MR) is 209 cm³/mol. The van der Waals surface area contributed by atoms with Crippen LogP contribution in [0.15, 0.2) is 71.8 Å². The molecule has 0 radical (unpaired) electrons. The maximum atomic E-state index is 15.5. The van der Waals surface area contributed by atoms with E-state index in [9.17, 15) is 35.6 Å². The van der Waals surface area contributed by atoms with Crippen LogP contribution in [0, 0.1) is 17.6 Å². The van der Waals surface area contributed by atoms with Gasteiger partial charge in [0, 0.05) is 36.6 Å². The van der Waals surface area contributed by atoms with Gasteiger partial charge in [0.1, 0.15) is 35.4 Å². The van der Waals surface area contributed by atoms with Crippen LogP contribution in [0.2, 0.25) is 5.02 Å². The molecular formula is C39H29ClF6N10O4S. The van der Waals surface area contributed by atoms with E-state index in [-0.39, 0.29) is 61.7 Å². The van der Waals surface area contributed by atoms with Crippen molar-refractivity contribution < 1.29 is 39.6 Å². The first-order chi connectivity index (χ1) is 28.9. The lowest BCUT2D eigenvalue weighted by atomic mass is 10.0. The second kappa shape index (κ2) is 14.4. The van der Waals surface area contributed by atoms with Crippen LogP contribution >= 0.6 is 11.6 Å². The van der Waals surface area contributed by atoms with Gasteiger partial charge in [0.05, 0.1) is 57.2 Å². The SMILES string of the molecule is Cn1nc(NS(C)(=O)=O)c2c(Cl)ccc(-n3c([C@H](Cc4cc(F)cc(F)c4)NC(=O)Cn4nc(C(F)F)c5c4C(F)(F)[C@@H]4C[C@H]54)nc4cc(-c5ccnnc5)ccc4c3=O)c21. The molecule has 22 heteroatoms. The Bertz CT molecular complexity index is 3120. The molecule has 1 amide bonds. The van der Waals surface area contributed by atoms with Crippen molar-refractivity contribution in [3.05, 3.63) is 122 Å². The van der Waals surface area contributed by atoms with Gasteiger partial charge in [-0.15, -0.1) is 0 Å². The van der Waals surface area contributed by atoms with Crippen molar-refractivity contribution in [3.63, 3.8) is 0 Å². The molecule has 61 heavy (non-hydrogen) atoms. The molecule has 14 nitrogen and oxygen atoms in total. The zero-order chi connectivity index (χ0) is 43.3. The second-order valence-corrected chi connectivity index (χ2v) is 17.0. The number of rotatable bonds is 11. The quantitative estimate of drug-likeness (QED) is 0.138. The number of sulfonamides is 1. The minimum Gasteiger partial charge on any atom is -0.344 e. The third kappa shape index (κ3) is 7.03. The van der Waals surface area contributed by atoms with Crippen LogP contribution in [-0.2, 0) is 40.8 Å². The van der Waals surface area contributed by atoms with Crippen molar-refractivity contribution in [2.75, 3.05) is 11.0 Å². The Morgan fingerprint density at radius 2 is 1.77 bits per heavy atom. The predicted octanol–water partition coefficient (Wildman–Crippen LogP) is 6.48. The van der Waals surface area contributed by atoms with Gasteiger partial charge in [-0.2, -0.15) is 29.2 Å². The highest BCUT2D eigenvalue weighted by Crippen LogP contribution is 2.68. The highest BCUT2D eigenvalue weighted by Gasteiger charge is 2.67. The average Bonchev–Trinajstić information content (AvgIpc) is 3.73. The van der Waals surface area contributed by atoms with Gasteiger partial charge in [-0.3, -0.25) is 28.2 Å². The molecule has 2 aliphatic rings. The lowest BCUT2D eigenvalue weighted by Gasteiger charge is -2.24. The van der Waals surface area contributed by atoms with Crippen molar-refractivity contribution in [3.8, 4) is 16.8 Å². The molecule has 1 fully saturated rings. The fourth-order valence-corrected chi connectivity index (χ4v) is 8.96. The molecule has 4 heterocycles. The number of amides is 1. The van der Waals surface area contributed by atoms with E-state index in [0.717, 1.165) is 23.0 Å². The standard InChI is InChI=1S/C39H29ClF6N10O4S/c1-54-33-28(6-5-25(40)31(33)36(52-54)53-61(2,59)60)56-37(50-26-12-18(3-4-22(26)38(56)58)19-7-8-47-48-15-19)27(11-17-9-20(41)13-21(42)10-17)49-29(57)16-55-34-30(32(51-55)35(43)44)23-14-24(23)39(34,45)46/h3-10,12-13,15,23-24,27,35H,11,14,16H2,1-2H3,(H,49,57)(H,52,53)/t23-,24+,27-/m0/s1. The van der Waals surface area contributed by atoms with Gasteiger partial charge in [0.15, 0.2) is 5.82 Å². The molecule has 3 atom stereocenters. The van der Waals surface area contributed by atoms with E-state index in [1.807, 2.05) is 0 Å². The van der Waals surface area contributed by atoms with E-state index in [2.05, 4.69) is 30.4 Å². The number of alkyl halides is 4. The summed E-state index contributed by atoms with van der Waals surface area (Å²) in [6.07, 6.45) is 0.145. The summed E-state index contributed by atoms with van der Waals surface area (Å²) in [5.74, 6) is -9.04. The number of aryl methyl sites for hydroxylation is 1. The fourth-order valence-electron chi connectivity index (χ4n) is 8.22. The number of nitrogens with one attached hydrogen (secondary N) is 2. The van der Waals surface area contributed by atoms with E-state index < -0.39 is 87.7 Å². The normalized spacial score (nSPS) is 17.1. The molecule has 0 saturated heterocycles. The highest BCUT2D eigenvalue weighted by atomic mass is 35.5. The van der Waals surface area contributed by atoms with E-state index in [4.69, 9.17) is 16.6 Å². The number of anilines is 1. The maximum Gasteiger partial charge on any atom is 0.293 e. The van der Waals surface area contributed by atoms with Gasteiger partial charge < -0.3 is 5.32 Å². The zero-order valence-corrected chi connectivity index (χ0v) is 33.1. The molecule has 314 valence electrons. The monoisotopic (exact) mass is 882 g/mol. The van der Waals surface area contributed by atoms with Crippen molar-refractivity contribution in [2.45, 2.75) is 43.7 Å². The number of halogens is 7. The Morgan fingerprint density at radius 1 is 1.02 bits per heavy atom. The Balaban J connectivity index is 1.26. The summed E-state index contributed by atoms with van der Waals surface area (Å²) >= 11 is 6.62. The molecular weight excluding hydrogens is 854 g/mol. The number of nitrogens with zero attached hydrogens (tertiary/aromatic N) is 8. The Hall–Kier alpha value is -6.35. The van der Waals surface area contributed by atoms with Gasteiger partial charge in [0.2, 0.25) is 15.9 Å². The van der Waals surface area contributed by atoms with Crippen LogP contribution in [0.1, 0.15) is 53.1 Å². The van der Waals surface area contributed by atoms with Crippen LogP contribution in [0.4, 0.5) is 32.2 Å². The number of hydrogen-bond acceptors (Lipinski definition) is 9. The molecule has 0 bridgehead atoms. The van der Waals surface area contributed by atoms with Gasteiger partial charge in [-0.1, -0.05) is 17.7 Å². The van der Waals surface area contributed by atoms with Crippen molar-refractivity contribution >= 4 is 55.2 Å². The van der Waals surface area contributed by atoms with E-state index in [1.54, 1.807) is 18.2 Å². The van der Waals surface area contributed by atoms with Crippen molar-refractivity contribution in [1.29, 1.82) is 0 Å². The molecule has 7 aromatic rings. The van der Waals surface area contributed by atoms with Crippen LogP contribution in [0.25, 0.3) is 38.6 Å². The Kier molecular flexibility index (Phi) is 9.46. The summed E-state index contributed by atoms with van der Waals surface area (Å²) in [7, 11) is -2.46. The van der Waals surface area contributed by atoms with E-state index in [0.29, 0.717) is 21.9 Å². The molecule has 0 spiro atoms. The number of carbonyl (C=O) groups excluding carboxylic acids is 1. The van der Waals surface area contributed by atoms with Crippen molar-refractivity contribution in [1.82, 2.24) is 44.6 Å². The van der Waals surface area contributed by atoms with Gasteiger partial charge in [-0.25, -0.2) is 31.0 Å². The first-order valence-corrected chi connectivity index (χ1v) is 20.6. The first kappa shape index (κ1) is 40.1. The fraction of sp³-hybridized carbons (Fsp3) is 0.256. The molecule has 0 aliphatic heterocycles. The molecule has 3 aromatic carbocycles. The molecule has 0 unspecified atom stereocenters. The maximum absolute atomic E-state index is 15.5.